The lowest BCUT2D eigenvalue weighted by molar-refractivity contribution is -0.323. The normalized spacial score (nSPS) is 50.9. The van der Waals surface area contributed by atoms with Crippen LogP contribution in [0, 0.1) is 0 Å². The van der Waals surface area contributed by atoms with E-state index in [-0.39, 0.29) is 0 Å². The van der Waals surface area contributed by atoms with Crippen LogP contribution in [0.3, 0.4) is 0 Å². The highest BCUT2D eigenvalue weighted by Gasteiger charge is 2.55. The van der Waals surface area contributed by atoms with Gasteiger partial charge in [-0.3, -0.25) is 0 Å². The molecule has 0 bridgehead atoms. The Morgan fingerprint density at radius 2 is 1.15 bits per heavy atom. The summed E-state index contributed by atoms with van der Waals surface area (Å²) in [6, 6.07) is 0. The molecule has 15 atom stereocenters. The Morgan fingerprint density at radius 1 is 0.588 bits per heavy atom. The molecule has 3 fully saturated rings. The first-order valence-corrected chi connectivity index (χ1v) is 10.6. The summed E-state index contributed by atoms with van der Waals surface area (Å²) >= 11 is 0. The van der Waals surface area contributed by atoms with Gasteiger partial charge < -0.3 is 79.9 Å². The Hall–Kier alpha value is -0.640. The van der Waals surface area contributed by atoms with Crippen LogP contribution >= 0.6 is 0 Å². The zero-order valence-corrected chi connectivity index (χ0v) is 17.7. The van der Waals surface area contributed by atoms with Crippen LogP contribution in [-0.4, -0.2) is 168 Å². The van der Waals surface area contributed by atoms with Gasteiger partial charge in [0.25, 0.3) is 0 Å². The van der Waals surface area contributed by atoms with Gasteiger partial charge in [-0.05, 0) is 0 Å². The van der Waals surface area contributed by atoms with Gasteiger partial charge in [0.15, 0.2) is 18.9 Å². The fraction of sp³-hybridized carbons (Fsp3) is 1.00. The summed E-state index contributed by atoms with van der Waals surface area (Å²) in [5.74, 6) is 0. The van der Waals surface area contributed by atoms with Crippen molar-refractivity contribution in [1.29, 1.82) is 0 Å². The van der Waals surface area contributed by atoms with Gasteiger partial charge in [0.1, 0.15) is 73.2 Å². The first-order chi connectivity index (χ1) is 16.0. The van der Waals surface area contributed by atoms with E-state index in [4.69, 9.17) is 23.7 Å². The molecule has 3 aliphatic heterocycles. The van der Waals surface area contributed by atoms with Crippen LogP contribution in [-0.2, 0) is 23.7 Å². The molecule has 11 N–H and O–H groups in total. The molecule has 3 rings (SSSR count). The fourth-order valence-electron chi connectivity index (χ4n) is 4.06. The van der Waals surface area contributed by atoms with E-state index in [0.29, 0.717) is 0 Å². The Bertz CT molecular complexity index is 639. The van der Waals surface area contributed by atoms with Gasteiger partial charge in [0.2, 0.25) is 0 Å². The molecule has 0 spiro atoms. The zero-order chi connectivity index (χ0) is 25.3. The Morgan fingerprint density at radius 3 is 1.74 bits per heavy atom. The van der Waals surface area contributed by atoms with Crippen molar-refractivity contribution in [2.45, 2.75) is 92.1 Å². The van der Waals surface area contributed by atoms with E-state index in [1.807, 2.05) is 0 Å². The maximum Gasteiger partial charge on any atom is 0.187 e. The molecule has 0 saturated carbocycles. The first kappa shape index (κ1) is 27.9. The summed E-state index contributed by atoms with van der Waals surface area (Å²) in [4.78, 5) is 0. The Balaban J connectivity index is 1.77. The molecule has 16 heteroatoms. The largest absolute Gasteiger partial charge is 0.394 e. The summed E-state index contributed by atoms with van der Waals surface area (Å²) in [5, 5.41) is 109. The van der Waals surface area contributed by atoms with E-state index in [2.05, 4.69) is 0 Å². The van der Waals surface area contributed by atoms with Crippen LogP contribution in [0.5, 0.6) is 0 Å². The lowest BCUT2D eigenvalue weighted by Crippen LogP contribution is -2.61. The molecule has 0 amide bonds. The van der Waals surface area contributed by atoms with Gasteiger partial charge in [0.05, 0.1) is 19.8 Å². The van der Waals surface area contributed by atoms with Crippen LogP contribution in [0.25, 0.3) is 0 Å². The van der Waals surface area contributed by atoms with Gasteiger partial charge in [-0.2, -0.15) is 0 Å². The van der Waals surface area contributed by atoms with Crippen molar-refractivity contribution in [2.75, 3.05) is 19.8 Å². The van der Waals surface area contributed by atoms with E-state index >= 15 is 0 Å². The number of aliphatic hydroxyl groups is 11. The van der Waals surface area contributed by atoms with Crippen molar-refractivity contribution >= 4 is 0 Å². The average Bonchev–Trinajstić information content (AvgIpc) is 3.13. The Labute approximate surface area is 192 Å². The van der Waals surface area contributed by atoms with Crippen LogP contribution < -0.4 is 0 Å². The number of aliphatic hydroxyl groups excluding tert-OH is 11. The van der Waals surface area contributed by atoms with Crippen molar-refractivity contribution in [1.82, 2.24) is 0 Å². The lowest BCUT2D eigenvalue weighted by atomic mass is 9.98. The molecule has 3 aliphatic rings. The number of ether oxygens (including phenoxy) is 5. The lowest BCUT2D eigenvalue weighted by Gasteiger charge is -2.41. The van der Waals surface area contributed by atoms with Crippen LogP contribution in [0.15, 0.2) is 0 Å². The second kappa shape index (κ2) is 11.6. The van der Waals surface area contributed by atoms with E-state index < -0.39 is 112 Å². The van der Waals surface area contributed by atoms with Gasteiger partial charge in [-0.15, -0.1) is 0 Å². The SMILES string of the molecule is OC[C@@H](O)[C@@H]1O[C@@H](O[C@@H]2[C@@H](O)[C@@H](O)O[C@H](CO)[C@H]2O)[C@H](O)[C@H]1O[C@@H]1O[C@H](CO)[C@H](O)[C@H](O)[C@H]1O. The number of rotatable bonds is 8. The molecule has 0 aromatic heterocycles. The molecular formula is C18H32O16. The monoisotopic (exact) mass is 504 g/mol. The third-order valence-electron chi connectivity index (χ3n) is 6.07. The minimum absolute atomic E-state index is 0.742. The third kappa shape index (κ3) is 5.37. The van der Waals surface area contributed by atoms with Crippen molar-refractivity contribution in [3.63, 3.8) is 0 Å². The smallest absolute Gasteiger partial charge is 0.187 e. The van der Waals surface area contributed by atoms with Crippen molar-refractivity contribution < 1.29 is 79.9 Å². The van der Waals surface area contributed by atoms with E-state index in [1.54, 1.807) is 0 Å². The van der Waals surface area contributed by atoms with Crippen LogP contribution in [0.4, 0.5) is 0 Å². The molecule has 0 aromatic rings. The second-order valence-corrected chi connectivity index (χ2v) is 8.34. The number of hydrogen-bond acceptors (Lipinski definition) is 16. The molecule has 34 heavy (non-hydrogen) atoms. The molecule has 3 heterocycles. The van der Waals surface area contributed by atoms with Gasteiger partial charge >= 0.3 is 0 Å². The first-order valence-electron chi connectivity index (χ1n) is 10.6. The summed E-state index contributed by atoms with van der Waals surface area (Å²) in [5.41, 5.74) is 0. The zero-order valence-electron chi connectivity index (χ0n) is 17.7. The standard InChI is InChI=1S/C18H32O16/c19-1-4(22)13-15(34-17-10(26)9(25)7(23)5(2-20)31-17)12(28)18(32-13)33-14-8(24)6(3-21)30-16(29)11(14)27/h4-29H,1-3H2/t4-,5-,6-,7+,8-,9+,10-,11-,12-,13+,14+,15-,16+,17+,18+/m1/s1. The van der Waals surface area contributed by atoms with Crippen LogP contribution in [0.1, 0.15) is 0 Å². The number of hydrogen-bond donors (Lipinski definition) is 11. The predicted molar refractivity (Wildman–Crippen MR) is 101 cm³/mol. The Kier molecular flexibility index (Phi) is 9.54. The fourth-order valence-corrected chi connectivity index (χ4v) is 4.06. The van der Waals surface area contributed by atoms with Gasteiger partial charge in [-0.1, -0.05) is 0 Å². The molecule has 0 radical (unpaired) electrons. The molecule has 0 unspecified atom stereocenters. The highest BCUT2D eigenvalue weighted by molar-refractivity contribution is 4.97. The minimum atomic E-state index is -1.86. The maximum absolute atomic E-state index is 10.7. The average molecular weight is 504 g/mol. The van der Waals surface area contributed by atoms with E-state index in [1.165, 1.54) is 0 Å². The summed E-state index contributed by atoms with van der Waals surface area (Å²) in [6.07, 6.45) is -25.1. The quantitative estimate of drug-likeness (QED) is 0.146. The maximum atomic E-state index is 10.7. The molecule has 16 nitrogen and oxygen atoms in total. The second-order valence-electron chi connectivity index (χ2n) is 8.34. The molecular weight excluding hydrogens is 472 g/mol. The minimum Gasteiger partial charge on any atom is -0.394 e. The summed E-state index contributed by atoms with van der Waals surface area (Å²) in [6.45, 7) is -2.36. The van der Waals surface area contributed by atoms with Crippen molar-refractivity contribution in [3.05, 3.63) is 0 Å². The van der Waals surface area contributed by atoms with Crippen LogP contribution in [0.2, 0.25) is 0 Å². The van der Waals surface area contributed by atoms with Gasteiger partial charge in [0, 0.05) is 0 Å². The van der Waals surface area contributed by atoms with Crippen molar-refractivity contribution in [2.24, 2.45) is 0 Å². The third-order valence-corrected chi connectivity index (χ3v) is 6.07. The summed E-state index contributed by atoms with van der Waals surface area (Å²) in [7, 11) is 0. The highest BCUT2D eigenvalue weighted by atomic mass is 16.8. The topological polar surface area (TPSA) is 269 Å². The van der Waals surface area contributed by atoms with E-state index in [0.717, 1.165) is 0 Å². The highest BCUT2D eigenvalue weighted by Crippen LogP contribution is 2.34. The van der Waals surface area contributed by atoms with E-state index in [9.17, 15) is 56.2 Å². The van der Waals surface area contributed by atoms with Crippen molar-refractivity contribution in [3.8, 4) is 0 Å². The summed E-state index contributed by atoms with van der Waals surface area (Å²) < 4.78 is 26.4. The predicted octanol–water partition coefficient (Wildman–Crippen LogP) is -7.57. The molecule has 0 aromatic carbocycles. The molecule has 3 saturated heterocycles. The molecule has 200 valence electrons. The molecule has 0 aliphatic carbocycles. The van der Waals surface area contributed by atoms with Gasteiger partial charge in [-0.25, -0.2) is 0 Å².